The van der Waals surface area contributed by atoms with Crippen molar-refractivity contribution in [2.45, 2.75) is 38.5 Å². The Kier molecular flexibility index (Phi) is 4.71. The highest BCUT2D eigenvalue weighted by molar-refractivity contribution is 7.14. The number of aromatic nitrogens is 1. The summed E-state index contributed by atoms with van der Waals surface area (Å²) in [6.07, 6.45) is 4.55. The molecule has 0 aliphatic heterocycles. The number of benzene rings is 1. The topological polar surface area (TPSA) is 79.3 Å². The fourth-order valence-corrected chi connectivity index (χ4v) is 3.49. The first-order valence-corrected chi connectivity index (χ1v) is 8.59. The highest BCUT2D eigenvalue weighted by atomic mass is 32.1. The first-order chi connectivity index (χ1) is 11.1. The lowest BCUT2D eigenvalue weighted by atomic mass is 9.90. The van der Waals surface area contributed by atoms with Crippen LogP contribution in [0.1, 0.15) is 36.8 Å². The molecule has 0 atom stereocenters. The normalized spacial score (nSPS) is 13.4. The molecule has 0 spiro atoms. The van der Waals surface area contributed by atoms with E-state index in [1.807, 2.05) is 5.38 Å². The number of aryl methyl sites for hydroxylation is 2. The van der Waals surface area contributed by atoms with Gasteiger partial charge < -0.3 is 10.4 Å². The number of nitrogens with one attached hydrogen (secondary N) is 1. The van der Waals surface area contributed by atoms with E-state index in [-0.39, 0.29) is 18.7 Å². The molecule has 1 aliphatic carbocycles. The van der Waals surface area contributed by atoms with Crippen LogP contribution in [0.15, 0.2) is 23.6 Å². The van der Waals surface area contributed by atoms with Crippen molar-refractivity contribution in [3.8, 4) is 11.3 Å². The van der Waals surface area contributed by atoms with Gasteiger partial charge >= 0.3 is 5.97 Å². The first-order valence-electron chi connectivity index (χ1n) is 7.71. The van der Waals surface area contributed by atoms with Gasteiger partial charge in [-0.25, -0.2) is 4.98 Å². The maximum atomic E-state index is 11.6. The molecule has 1 heterocycles. The summed E-state index contributed by atoms with van der Waals surface area (Å²) in [6, 6.07) is 6.45. The van der Waals surface area contributed by atoms with E-state index in [4.69, 9.17) is 5.11 Å². The summed E-state index contributed by atoms with van der Waals surface area (Å²) < 4.78 is 0. The van der Waals surface area contributed by atoms with Crippen molar-refractivity contribution in [2.75, 3.05) is 5.32 Å². The van der Waals surface area contributed by atoms with Crippen LogP contribution in [0.25, 0.3) is 11.3 Å². The van der Waals surface area contributed by atoms with Gasteiger partial charge in [0, 0.05) is 17.4 Å². The molecule has 0 radical (unpaired) electrons. The van der Waals surface area contributed by atoms with Gasteiger partial charge in [-0.15, -0.1) is 11.3 Å². The summed E-state index contributed by atoms with van der Waals surface area (Å²) in [5.41, 5.74) is 4.73. The van der Waals surface area contributed by atoms with Gasteiger partial charge in [-0.05, 0) is 42.9 Å². The Bertz CT molecular complexity index is 739. The molecule has 1 aliphatic rings. The molecular formula is C17H18N2O3S. The maximum Gasteiger partial charge on any atom is 0.303 e. The fourth-order valence-electron chi connectivity index (χ4n) is 2.76. The van der Waals surface area contributed by atoms with Crippen molar-refractivity contribution in [3.05, 3.63) is 34.7 Å². The molecule has 3 rings (SSSR count). The van der Waals surface area contributed by atoms with E-state index in [0.29, 0.717) is 5.13 Å². The summed E-state index contributed by atoms with van der Waals surface area (Å²) in [5, 5.41) is 13.7. The van der Waals surface area contributed by atoms with Crippen molar-refractivity contribution >= 4 is 28.3 Å². The van der Waals surface area contributed by atoms with Crippen molar-refractivity contribution in [2.24, 2.45) is 0 Å². The number of nitrogens with zero attached hydrogens (tertiary/aromatic N) is 1. The predicted molar refractivity (Wildman–Crippen MR) is 89.7 cm³/mol. The minimum atomic E-state index is -0.978. The van der Waals surface area contributed by atoms with Crippen LogP contribution >= 0.6 is 11.3 Å². The molecule has 6 heteroatoms. The third kappa shape index (κ3) is 3.96. The SMILES string of the molecule is O=C(O)CCC(=O)Nc1nc(-c2ccc3c(c2)CCCC3)cs1. The van der Waals surface area contributed by atoms with Crippen LogP contribution < -0.4 is 5.32 Å². The monoisotopic (exact) mass is 330 g/mol. The second-order valence-electron chi connectivity index (χ2n) is 5.67. The van der Waals surface area contributed by atoms with Gasteiger partial charge in [0.25, 0.3) is 0 Å². The lowest BCUT2D eigenvalue weighted by Crippen LogP contribution is -2.12. The van der Waals surface area contributed by atoms with E-state index >= 15 is 0 Å². The zero-order valence-electron chi connectivity index (χ0n) is 12.7. The molecule has 1 aromatic heterocycles. The number of carbonyl (C=O) groups excluding carboxylic acids is 1. The average molecular weight is 330 g/mol. The summed E-state index contributed by atoms with van der Waals surface area (Å²) in [6.45, 7) is 0. The highest BCUT2D eigenvalue weighted by Gasteiger charge is 2.13. The van der Waals surface area contributed by atoms with E-state index < -0.39 is 5.97 Å². The Hall–Kier alpha value is -2.21. The third-order valence-corrected chi connectivity index (χ3v) is 4.72. The van der Waals surface area contributed by atoms with Crippen molar-refractivity contribution < 1.29 is 14.7 Å². The maximum absolute atomic E-state index is 11.6. The number of anilines is 1. The predicted octanol–water partition coefficient (Wildman–Crippen LogP) is 3.49. The van der Waals surface area contributed by atoms with Crippen LogP contribution in [0, 0.1) is 0 Å². The van der Waals surface area contributed by atoms with Crippen LogP contribution in [0.5, 0.6) is 0 Å². The Morgan fingerprint density at radius 2 is 1.96 bits per heavy atom. The Morgan fingerprint density at radius 3 is 2.74 bits per heavy atom. The second kappa shape index (κ2) is 6.91. The van der Waals surface area contributed by atoms with Gasteiger partial charge in [0.2, 0.25) is 5.91 Å². The van der Waals surface area contributed by atoms with Crippen molar-refractivity contribution in [1.82, 2.24) is 4.98 Å². The first kappa shape index (κ1) is 15.7. The van der Waals surface area contributed by atoms with Gasteiger partial charge in [-0.2, -0.15) is 0 Å². The van der Waals surface area contributed by atoms with Gasteiger partial charge in [0.15, 0.2) is 5.13 Å². The standard InChI is InChI=1S/C17H18N2O3S/c20-15(7-8-16(21)22)19-17-18-14(10-23-17)13-6-5-11-3-1-2-4-12(11)9-13/h5-6,9-10H,1-4,7-8H2,(H,21,22)(H,18,19,20). The Morgan fingerprint density at radius 1 is 1.17 bits per heavy atom. The van der Waals surface area contributed by atoms with Gasteiger partial charge in [0.05, 0.1) is 12.1 Å². The van der Waals surface area contributed by atoms with Gasteiger partial charge in [-0.1, -0.05) is 12.1 Å². The molecule has 23 heavy (non-hydrogen) atoms. The smallest absolute Gasteiger partial charge is 0.303 e. The summed E-state index contributed by atoms with van der Waals surface area (Å²) in [4.78, 5) is 26.6. The number of amides is 1. The van der Waals surface area contributed by atoms with Crippen LogP contribution in [0.2, 0.25) is 0 Å². The number of thiazole rings is 1. The quantitative estimate of drug-likeness (QED) is 0.879. The number of rotatable bonds is 5. The van der Waals surface area contributed by atoms with Crippen molar-refractivity contribution in [1.29, 1.82) is 0 Å². The number of hydrogen-bond donors (Lipinski definition) is 2. The zero-order chi connectivity index (χ0) is 16.2. The molecule has 2 N–H and O–H groups in total. The molecule has 120 valence electrons. The molecule has 0 saturated heterocycles. The molecule has 0 bridgehead atoms. The number of aliphatic carboxylic acids is 1. The van der Waals surface area contributed by atoms with Crippen LogP contribution in [-0.4, -0.2) is 22.0 Å². The summed E-state index contributed by atoms with van der Waals surface area (Å²) in [7, 11) is 0. The Balaban J connectivity index is 1.69. The van der Waals surface area contributed by atoms with Crippen LogP contribution in [0.4, 0.5) is 5.13 Å². The highest BCUT2D eigenvalue weighted by Crippen LogP contribution is 2.29. The number of fused-ring (bicyclic) bond motifs is 1. The number of carbonyl (C=O) groups is 2. The molecular weight excluding hydrogens is 312 g/mol. The van der Waals surface area contributed by atoms with Crippen molar-refractivity contribution in [3.63, 3.8) is 0 Å². The lowest BCUT2D eigenvalue weighted by molar-refractivity contribution is -0.138. The number of hydrogen-bond acceptors (Lipinski definition) is 4. The lowest BCUT2D eigenvalue weighted by Gasteiger charge is -2.16. The van der Waals surface area contributed by atoms with E-state index in [0.717, 1.165) is 24.1 Å². The molecule has 1 amide bonds. The van der Waals surface area contributed by atoms with Gasteiger partial charge in [-0.3, -0.25) is 9.59 Å². The van der Waals surface area contributed by atoms with Crippen LogP contribution in [0.3, 0.4) is 0 Å². The average Bonchev–Trinajstić information content (AvgIpc) is 3.01. The number of carboxylic acid groups (broad SMARTS) is 1. The van der Waals surface area contributed by atoms with E-state index in [9.17, 15) is 9.59 Å². The summed E-state index contributed by atoms with van der Waals surface area (Å²) in [5.74, 6) is -1.30. The molecule has 0 saturated carbocycles. The zero-order valence-corrected chi connectivity index (χ0v) is 13.5. The minimum absolute atomic E-state index is 0.0386. The van der Waals surface area contributed by atoms with E-state index in [1.165, 1.54) is 35.3 Å². The molecule has 5 nitrogen and oxygen atoms in total. The number of carboxylic acids is 1. The Labute approximate surface area is 138 Å². The molecule has 0 fully saturated rings. The minimum Gasteiger partial charge on any atom is -0.481 e. The second-order valence-corrected chi connectivity index (χ2v) is 6.53. The molecule has 2 aromatic rings. The van der Waals surface area contributed by atoms with Gasteiger partial charge in [0.1, 0.15) is 0 Å². The molecule has 1 aromatic carbocycles. The molecule has 0 unspecified atom stereocenters. The van der Waals surface area contributed by atoms with Crippen LogP contribution in [-0.2, 0) is 22.4 Å². The largest absolute Gasteiger partial charge is 0.481 e. The fraction of sp³-hybridized carbons (Fsp3) is 0.353. The third-order valence-electron chi connectivity index (χ3n) is 3.96. The van der Waals surface area contributed by atoms with E-state index in [1.54, 1.807) is 0 Å². The summed E-state index contributed by atoms with van der Waals surface area (Å²) >= 11 is 1.35. The van der Waals surface area contributed by atoms with E-state index in [2.05, 4.69) is 28.5 Å².